The van der Waals surface area contributed by atoms with E-state index in [1.165, 1.54) is 109 Å². The Morgan fingerprint density at radius 3 is 1.19 bits per heavy atom. The first kappa shape index (κ1) is 88.1. The highest BCUT2D eigenvalue weighted by atomic mass is 33.2. The lowest BCUT2D eigenvalue weighted by atomic mass is 9.82. The van der Waals surface area contributed by atoms with E-state index in [0.717, 1.165) is 162 Å². The van der Waals surface area contributed by atoms with E-state index in [9.17, 15) is 39.3 Å². The van der Waals surface area contributed by atoms with Crippen LogP contribution in [0, 0.1) is 40.4 Å². The van der Waals surface area contributed by atoms with Gasteiger partial charge >= 0.3 is 27.5 Å². The molecule has 8 aliphatic carbocycles. The number of hydrogen-bond acceptors (Lipinski definition) is 23. The Kier molecular flexibility index (Phi) is 45.0. The second-order valence-corrected chi connectivity index (χ2v) is 39.7. The highest BCUT2D eigenvalue weighted by molar-refractivity contribution is 8.70. The van der Waals surface area contributed by atoms with Gasteiger partial charge in [0.1, 0.15) is 0 Å². The molecule has 0 radical (unpaired) electrons. The first-order chi connectivity index (χ1) is 44.5. The quantitative estimate of drug-likeness (QED) is 0.0233. The minimum Gasteiger partial charge on any atom is -0.328 e. The molecule has 0 aromatic heterocycles. The van der Waals surface area contributed by atoms with Crippen LogP contribution in [0.2, 0.25) is 0 Å². The third-order valence-corrected chi connectivity index (χ3v) is 28.8. The number of hydrogen-bond donors (Lipinski definition) is 12. The fraction of sp³-hybridized carbons (Fsp3) is 1.00. The summed E-state index contributed by atoms with van der Waals surface area (Å²) in [6, 6.07) is 3.19. The standard InChI is InChI=1S/C17H35N3O3S2.C16H33N3O3S2.C8H18N2O3S2.C8H16N2O.C8H18N2.C8H17N/c1-18-12-13-5-10-16(17(11-13)24-25(21,22)23)20(4)15-8-6-14(7-9-15)19(2)3;1-17-11-12-4-9-15(16(10-12)23-24(20,21)22)18-13-5-7-14(8-6-13)19(2)3;1-10-5-6-2-3-7(9)8(4-6)14-15(11,12)13;1-9-6-7-2-4-8(10-11)5-3-7;1-10-6-7-2-4-8(9)5-3-7;1-9-7-8-5-3-2-4-6-8/h13-18H,5-12H2,1-4H3,(H,21,22,23);12-18H,4-11H2,1-3H3,(H,20,21,22);6-8,10H,2-5,9H2,1H3,(H,11,12,13);7-9H,2-6H2,1H3;7-8,10H,2-6,9H2,1H3;8-9H,2-7H2,1H3. The maximum Gasteiger partial charge on any atom is 0.320 e. The van der Waals surface area contributed by atoms with Crippen molar-refractivity contribution in [3.63, 3.8) is 0 Å². The van der Waals surface area contributed by atoms with Crippen LogP contribution in [0.25, 0.3) is 0 Å². The Morgan fingerprint density at radius 2 is 0.755 bits per heavy atom. The molecule has 0 amide bonds. The zero-order valence-corrected chi connectivity index (χ0v) is 64.8. The molecule has 558 valence electrons. The molecular weight excluding hydrogens is 1320 g/mol. The van der Waals surface area contributed by atoms with Gasteiger partial charge < -0.3 is 58.5 Å². The zero-order chi connectivity index (χ0) is 69.9. The number of nitroso groups, excluding NO2 is 1. The van der Waals surface area contributed by atoms with E-state index in [2.05, 4.69) is 99.4 Å². The third-order valence-electron chi connectivity index (χ3n) is 21.4. The average Bonchev–Trinajstić information content (AvgIpc) is 0.876. The molecule has 9 atom stereocenters. The molecule has 9 unspecified atom stereocenters. The van der Waals surface area contributed by atoms with Gasteiger partial charge in [0.25, 0.3) is 0 Å². The van der Waals surface area contributed by atoms with Gasteiger partial charge in [0.2, 0.25) is 0 Å². The van der Waals surface area contributed by atoms with Gasteiger partial charge in [-0.25, -0.2) is 0 Å². The van der Waals surface area contributed by atoms with Crippen molar-refractivity contribution in [2.45, 2.75) is 263 Å². The fourth-order valence-corrected chi connectivity index (χ4v) is 23.7. The molecule has 8 rings (SSSR count). The lowest BCUT2D eigenvalue weighted by Gasteiger charge is -2.45. The Morgan fingerprint density at radius 1 is 0.404 bits per heavy atom. The molecule has 0 bridgehead atoms. The summed E-state index contributed by atoms with van der Waals surface area (Å²) in [4.78, 5) is 17.2. The van der Waals surface area contributed by atoms with Crippen LogP contribution >= 0.6 is 32.4 Å². The second kappa shape index (κ2) is 48.0. The Balaban J connectivity index is 0.000000308. The molecule has 14 N–H and O–H groups in total. The Bertz CT molecular complexity index is 2290. The van der Waals surface area contributed by atoms with Crippen LogP contribution in [0.3, 0.4) is 0 Å². The predicted octanol–water partition coefficient (Wildman–Crippen LogP) is 8.10. The van der Waals surface area contributed by atoms with Crippen molar-refractivity contribution in [3.8, 4) is 0 Å². The molecule has 0 spiro atoms. The molecule has 0 aliphatic heterocycles. The predicted molar refractivity (Wildman–Crippen MR) is 398 cm³/mol. The van der Waals surface area contributed by atoms with Gasteiger partial charge in [0, 0.05) is 96.5 Å². The number of rotatable bonds is 25. The Hall–Kier alpha value is -0.100. The lowest BCUT2D eigenvalue weighted by molar-refractivity contribution is 0.0822. The maximum atomic E-state index is 11.5. The van der Waals surface area contributed by atoms with Crippen molar-refractivity contribution in [3.05, 3.63) is 4.91 Å². The van der Waals surface area contributed by atoms with E-state index in [1.54, 1.807) is 0 Å². The number of nitrogens with zero attached hydrogens (tertiary/aromatic N) is 4. The van der Waals surface area contributed by atoms with Crippen molar-refractivity contribution in [2.75, 3.05) is 117 Å². The van der Waals surface area contributed by atoms with Crippen molar-refractivity contribution in [1.29, 1.82) is 0 Å². The van der Waals surface area contributed by atoms with Crippen LogP contribution < -0.4 is 48.7 Å². The Labute approximate surface area is 583 Å². The lowest BCUT2D eigenvalue weighted by Crippen LogP contribution is -2.51. The molecular formula is C65H137N13O10S6. The summed E-state index contributed by atoms with van der Waals surface area (Å²) in [6.45, 7) is 6.18. The van der Waals surface area contributed by atoms with Gasteiger partial charge in [0.05, 0.1) is 6.04 Å². The van der Waals surface area contributed by atoms with Crippen LogP contribution in [0.4, 0.5) is 0 Å². The van der Waals surface area contributed by atoms with Crippen molar-refractivity contribution in [2.24, 2.45) is 52.2 Å². The van der Waals surface area contributed by atoms with Crippen LogP contribution in [0.5, 0.6) is 0 Å². The minimum absolute atomic E-state index is 0.0568. The summed E-state index contributed by atoms with van der Waals surface area (Å²) in [5, 5.41) is 25.5. The summed E-state index contributed by atoms with van der Waals surface area (Å²) in [5.74, 6) is 4.08. The van der Waals surface area contributed by atoms with Crippen LogP contribution in [-0.4, -0.2) is 241 Å². The fourth-order valence-electron chi connectivity index (χ4n) is 15.9. The van der Waals surface area contributed by atoms with Gasteiger partial charge in [-0.15, -0.1) is 0 Å². The normalized spacial score (nSPS) is 32.9. The average molecular weight is 1450 g/mol. The first-order valence-electron chi connectivity index (χ1n) is 36.0. The van der Waals surface area contributed by atoms with E-state index in [-0.39, 0.29) is 39.9 Å². The molecule has 0 heterocycles. The van der Waals surface area contributed by atoms with Crippen LogP contribution in [0.15, 0.2) is 5.18 Å². The van der Waals surface area contributed by atoms with Gasteiger partial charge in [-0.2, -0.15) is 30.2 Å². The summed E-state index contributed by atoms with van der Waals surface area (Å²) < 4.78 is 94.7. The molecule has 29 heteroatoms. The molecule has 8 saturated carbocycles. The number of nitrogens with two attached hydrogens (primary N) is 2. The highest BCUT2D eigenvalue weighted by Crippen LogP contribution is 2.40. The van der Waals surface area contributed by atoms with Gasteiger partial charge in [0.15, 0.2) is 0 Å². The van der Waals surface area contributed by atoms with Crippen LogP contribution in [0.1, 0.15) is 193 Å². The first-order valence-corrected chi connectivity index (χ1v) is 44.5. The SMILES string of the molecule is CNCC1CCC(N(C)C2CCC(N(C)C)CC2)C(SS(=O)(=O)O)C1.CNCC1CCC(N)C(SS(=O)(=O)O)C1.CNCC1CCC(N)CC1.CNCC1CCC(N=O)CC1.CNCC1CCC(NC2CCC(N(C)C)CC2)C(SS(=O)(=O)O)C1.CNCC1CCCCC1. The molecule has 8 aliphatic rings. The molecule has 0 saturated heterocycles. The van der Waals surface area contributed by atoms with E-state index in [0.29, 0.717) is 58.8 Å². The minimum atomic E-state index is -4.02. The summed E-state index contributed by atoms with van der Waals surface area (Å²) >= 11 is 0. The zero-order valence-electron chi connectivity index (χ0n) is 59.9. The summed E-state index contributed by atoms with van der Waals surface area (Å²) in [5.41, 5.74) is 11.6. The van der Waals surface area contributed by atoms with Crippen molar-refractivity contribution in [1.82, 2.24) is 51.9 Å². The molecule has 94 heavy (non-hydrogen) atoms. The van der Waals surface area contributed by atoms with Gasteiger partial charge in [-0.1, -0.05) is 24.4 Å². The van der Waals surface area contributed by atoms with Crippen molar-refractivity contribution < 1.29 is 38.9 Å². The molecule has 0 aromatic rings. The van der Waals surface area contributed by atoms with Crippen LogP contribution in [-0.2, 0) is 27.5 Å². The van der Waals surface area contributed by atoms with Gasteiger partial charge in [-0.3, -0.25) is 18.6 Å². The topological polar surface area (TPSA) is 339 Å². The van der Waals surface area contributed by atoms with Crippen molar-refractivity contribution >= 4 is 59.8 Å². The maximum absolute atomic E-state index is 11.5. The summed E-state index contributed by atoms with van der Waals surface area (Å²) in [7, 11) is 12.6. The summed E-state index contributed by atoms with van der Waals surface area (Å²) in [6.07, 6.45) is 34.6. The molecule has 23 nitrogen and oxygen atoms in total. The largest absolute Gasteiger partial charge is 0.328 e. The van der Waals surface area contributed by atoms with E-state index in [4.69, 9.17) is 16.0 Å². The smallest absolute Gasteiger partial charge is 0.320 e. The second-order valence-electron chi connectivity index (χ2n) is 29.2. The van der Waals surface area contributed by atoms with E-state index >= 15 is 0 Å². The molecule has 0 aromatic carbocycles. The number of nitrogens with one attached hydrogen (secondary N) is 7. The molecule has 8 fully saturated rings. The monoisotopic (exact) mass is 1450 g/mol. The highest BCUT2D eigenvalue weighted by Gasteiger charge is 2.40. The van der Waals surface area contributed by atoms with E-state index in [1.807, 2.05) is 35.2 Å². The van der Waals surface area contributed by atoms with E-state index < -0.39 is 27.5 Å². The van der Waals surface area contributed by atoms with Gasteiger partial charge in [-0.05, 0) is 326 Å². The third kappa shape index (κ3) is 37.7.